The average molecular weight is 241 g/mol. The van der Waals surface area contributed by atoms with Crippen molar-refractivity contribution in [3.05, 3.63) is 22.4 Å². The van der Waals surface area contributed by atoms with Gasteiger partial charge in [-0.1, -0.05) is 13.0 Å². The fourth-order valence-electron chi connectivity index (χ4n) is 1.91. The van der Waals surface area contributed by atoms with Crippen LogP contribution in [0.3, 0.4) is 0 Å². The maximum atomic E-state index is 3.68. The lowest BCUT2D eigenvalue weighted by molar-refractivity contribution is 0.466. The van der Waals surface area contributed by atoms with Crippen molar-refractivity contribution in [1.82, 2.24) is 5.32 Å². The van der Waals surface area contributed by atoms with Crippen molar-refractivity contribution in [3.8, 4) is 0 Å². The Hall–Kier alpha value is 0.01000. The van der Waals surface area contributed by atoms with E-state index in [9.17, 15) is 0 Å². The van der Waals surface area contributed by atoms with Gasteiger partial charge in [-0.15, -0.1) is 11.3 Å². The predicted molar refractivity (Wildman–Crippen MR) is 70.9 cm³/mol. The lowest BCUT2D eigenvalue weighted by Gasteiger charge is -2.15. The molecule has 1 saturated heterocycles. The monoisotopic (exact) mass is 241 g/mol. The largest absolute Gasteiger partial charge is 0.313 e. The summed E-state index contributed by atoms with van der Waals surface area (Å²) in [6.07, 6.45) is 2.58. The van der Waals surface area contributed by atoms with Crippen LogP contribution in [0.1, 0.15) is 18.2 Å². The van der Waals surface area contributed by atoms with Gasteiger partial charge < -0.3 is 5.32 Å². The first kappa shape index (κ1) is 11.5. The van der Waals surface area contributed by atoms with Crippen molar-refractivity contribution in [2.75, 3.05) is 18.1 Å². The van der Waals surface area contributed by atoms with Crippen LogP contribution in [0.2, 0.25) is 0 Å². The molecule has 3 heteroatoms. The highest BCUT2D eigenvalue weighted by Crippen LogP contribution is 2.18. The molecule has 2 heterocycles. The summed E-state index contributed by atoms with van der Waals surface area (Å²) < 4.78 is 0. The predicted octanol–water partition coefficient (Wildman–Crippen LogP) is 3.02. The Balaban J connectivity index is 1.66. The van der Waals surface area contributed by atoms with E-state index in [0.29, 0.717) is 0 Å². The molecule has 15 heavy (non-hydrogen) atoms. The first-order valence-electron chi connectivity index (χ1n) is 5.68. The van der Waals surface area contributed by atoms with Crippen LogP contribution in [0.15, 0.2) is 17.5 Å². The van der Waals surface area contributed by atoms with Gasteiger partial charge in [0.15, 0.2) is 0 Å². The van der Waals surface area contributed by atoms with Gasteiger partial charge in [0.2, 0.25) is 0 Å². The molecule has 2 atom stereocenters. The van der Waals surface area contributed by atoms with E-state index in [0.717, 1.165) is 12.0 Å². The highest BCUT2D eigenvalue weighted by Gasteiger charge is 2.15. The standard InChI is InChI=1S/C12H19NS2/c1-10(7-12-3-2-5-15-12)8-13-11-4-6-14-9-11/h2-3,5,10-11,13H,4,6-9H2,1H3. The molecule has 0 saturated carbocycles. The quantitative estimate of drug-likeness (QED) is 0.850. The molecule has 0 amide bonds. The molecule has 2 unspecified atom stereocenters. The minimum Gasteiger partial charge on any atom is -0.313 e. The van der Waals surface area contributed by atoms with Gasteiger partial charge in [-0.3, -0.25) is 0 Å². The topological polar surface area (TPSA) is 12.0 Å². The number of thioether (sulfide) groups is 1. The molecule has 1 aromatic heterocycles. The van der Waals surface area contributed by atoms with Crippen LogP contribution < -0.4 is 5.32 Å². The summed E-state index contributed by atoms with van der Waals surface area (Å²) in [5, 5.41) is 5.85. The van der Waals surface area contributed by atoms with Crippen LogP contribution in [0.25, 0.3) is 0 Å². The molecule has 2 rings (SSSR count). The Morgan fingerprint density at radius 3 is 3.20 bits per heavy atom. The summed E-state index contributed by atoms with van der Waals surface area (Å²) >= 11 is 3.96. The molecular formula is C12H19NS2. The van der Waals surface area contributed by atoms with Gasteiger partial charge in [0.1, 0.15) is 0 Å². The maximum Gasteiger partial charge on any atom is 0.0166 e. The molecule has 0 bridgehead atoms. The third-order valence-electron chi connectivity index (χ3n) is 2.81. The Labute approximate surface area is 101 Å². The van der Waals surface area contributed by atoms with Crippen molar-refractivity contribution in [3.63, 3.8) is 0 Å². The number of rotatable bonds is 5. The average Bonchev–Trinajstić information content (AvgIpc) is 2.86. The molecule has 0 aromatic carbocycles. The SMILES string of the molecule is CC(CNC1CCSC1)Cc1cccs1. The van der Waals surface area contributed by atoms with E-state index in [1.54, 1.807) is 0 Å². The summed E-state index contributed by atoms with van der Waals surface area (Å²) in [5.74, 6) is 3.41. The number of nitrogens with one attached hydrogen (secondary N) is 1. The van der Waals surface area contributed by atoms with E-state index < -0.39 is 0 Å². The van der Waals surface area contributed by atoms with E-state index in [-0.39, 0.29) is 0 Å². The van der Waals surface area contributed by atoms with Gasteiger partial charge in [0.05, 0.1) is 0 Å². The van der Waals surface area contributed by atoms with E-state index in [2.05, 4.69) is 41.5 Å². The van der Waals surface area contributed by atoms with Gasteiger partial charge in [0.25, 0.3) is 0 Å². The first-order chi connectivity index (χ1) is 7.34. The third-order valence-corrected chi connectivity index (χ3v) is 4.88. The Bertz CT molecular complexity index is 265. The minimum absolute atomic E-state index is 0.759. The van der Waals surface area contributed by atoms with Crippen LogP contribution in [0.5, 0.6) is 0 Å². The molecule has 84 valence electrons. The molecular weight excluding hydrogens is 222 g/mol. The summed E-state index contributed by atoms with van der Waals surface area (Å²) in [4.78, 5) is 1.52. The smallest absolute Gasteiger partial charge is 0.0166 e. The Morgan fingerprint density at radius 2 is 2.53 bits per heavy atom. The maximum absolute atomic E-state index is 3.68. The second kappa shape index (κ2) is 5.92. The second-order valence-electron chi connectivity index (χ2n) is 4.36. The summed E-state index contributed by atoms with van der Waals surface area (Å²) in [5.41, 5.74) is 0. The van der Waals surface area contributed by atoms with E-state index in [4.69, 9.17) is 0 Å². The second-order valence-corrected chi connectivity index (χ2v) is 6.54. The van der Waals surface area contributed by atoms with Gasteiger partial charge in [-0.2, -0.15) is 11.8 Å². The minimum atomic E-state index is 0.759. The molecule has 1 aromatic rings. The van der Waals surface area contributed by atoms with Crippen LogP contribution in [-0.2, 0) is 6.42 Å². The number of thiophene rings is 1. The summed E-state index contributed by atoms with van der Waals surface area (Å²) in [7, 11) is 0. The highest BCUT2D eigenvalue weighted by atomic mass is 32.2. The first-order valence-corrected chi connectivity index (χ1v) is 7.71. The fourth-order valence-corrected chi connectivity index (χ4v) is 3.96. The van der Waals surface area contributed by atoms with Gasteiger partial charge in [-0.25, -0.2) is 0 Å². The van der Waals surface area contributed by atoms with Crippen LogP contribution in [0.4, 0.5) is 0 Å². The molecule has 1 fully saturated rings. The summed E-state index contributed by atoms with van der Waals surface area (Å²) in [6.45, 7) is 3.51. The molecule has 0 aliphatic carbocycles. The lowest BCUT2D eigenvalue weighted by Crippen LogP contribution is -2.32. The number of hydrogen-bond donors (Lipinski definition) is 1. The zero-order chi connectivity index (χ0) is 10.5. The van der Waals surface area contributed by atoms with Crippen molar-refractivity contribution in [2.24, 2.45) is 5.92 Å². The van der Waals surface area contributed by atoms with Crippen LogP contribution in [0, 0.1) is 5.92 Å². The summed E-state index contributed by atoms with van der Waals surface area (Å²) in [6, 6.07) is 5.17. The van der Waals surface area contributed by atoms with Crippen LogP contribution >= 0.6 is 23.1 Å². The van der Waals surface area contributed by atoms with Crippen molar-refractivity contribution in [2.45, 2.75) is 25.8 Å². The van der Waals surface area contributed by atoms with Crippen molar-refractivity contribution >= 4 is 23.1 Å². The zero-order valence-electron chi connectivity index (χ0n) is 9.24. The van der Waals surface area contributed by atoms with E-state index in [1.807, 2.05) is 11.3 Å². The molecule has 1 aliphatic heterocycles. The molecule has 1 N–H and O–H groups in total. The molecule has 0 spiro atoms. The lowest BCUT2D eigenvalue weighted by atomic mass is 10.1. The number of hydrogen-bond acceptors (Lipinski definition) is 3. The normalized spacial score (nSPS) is 23.1. The Morgan fingerprint density at radius 1 is 1.60 bits per heavy atom. The molecule has 0 radical (unpaired) electrons. The fraction of sp³-hybridized carbons (Fsp3) is 0.667. The molecule has 1 aliphatic rings. The van der Waals surface area contributed by atoms with E-state index in [1.165, 1.54) is 35.8 Å². The van der Waals surface area contributed by atoms with E-state index >= 15 is 0 Å². The van der Waals surface area contributed by atoms with Gasteiger partial charge in [-0.05, 0) is 42.5 Å². The van der Waals surface area contributed by atoms with Crippen molar-refractivity contribution in [1.29, 1.82) is 0 Å². The Kier molecular flexibility index (Phi) is 4.54. The highest BCUT2D eigenvalue weighted by molar-refractivity contribution is 7.99. The van der Waals surface area contributed by atoms with Gasteiger partial charge >= 0.3 is 0 Å². The van der Waals surface area contributed by atoms with Crippen LogP contribution in [-0.4, -0.2) is 24.1 Å². The zero-order valence-corrected chi connectivity index (χ0v) is 10.9. The van der Waals surface area contributed by atoms with Gasteiger partial charge in [0, 0.05) is 16.7 Å². The molecule has 1 nitrogen and oxygen atoms in total. The van der Waals surface area contributed by atoms with Crippen molar-refractivity contribution < 1.29 is 0 Å². The third kappa shape index (κ3) is 3.82.